The van der Waals surface area contributed by atoms with E-state index in [1.165, 1.54) is 6.07 Å². The summed E-state index contributed by atoms with van der Waals surface area (Å²) in [5, 5.41) is 12.5. The zero-order valence-corrected chi connectivity index (χ0v) is 21.7. The maximum atomic E-state index is 15.0. The Balaban J connectivity index is 1.44. The summed E-state index contributed by atoms with van der Waals surface area (Å²) in [5.41, 5.74) is 0.260. The number of anilines is 1. The highest BCUT2D eigenvalue weighted by atomic mass is 35.5. The fourth-order valence-electron chi connectivity index (χ4n) is 5.99. The van der Waals surface area contributed by atoms with E-state index < -0.39 is 16.6 Å². The van der Waals surface area contributed by atoms with E-state index >= 15 is 0 Å². The number of carbonyl (C=O) groups is 2. The number of hydrogen-bond donors (Lipinski definition) is 1. The number of carbonyl (C=O) groups excluding carboxylic acids is 2. The summed E-state index contributed by atoms with van der Waals surface area (Å²) in [4.78, 5) is 26.0. The molecule has 0 unspecified atom stereocenters. The van der Waals surface area contributed by atoms with E-state index in [2.05, 4.69) is 5.32 Å². The van der Waals surface area contributed by atoms with Gasteiger partial charge in [-0.1, -0.05) is 39.3 Å². The van der Waals surface area contributed by atoms with Gasteiger partial charge in [-0.25, -0.2) is 4.39 Å². The van der Waals surface area contributed by atoms with Crippen molar-refractivity contribution in [3.8, 4) is 11.8 Å². The molecule has 1 amide bonds. The van der Waals surface area contributed by atoms with Crippen LogP contribution in [0.1, 0.15) is 56.5 Å². The van der Waals surface area contributed by atoms with Crippen molar-refractivity contribution >= 4 is 29.5 Å². The molecule has 0 bridgehead atoms. The van der Waals surface area contributed by atoms with Crippen molar-refractivity contribution in [3.05, 3.63) is 58.4 Å². The van der Waals surface area contributed by atoms with Crippen LogP contribution in [0.5, 0.6) is 5.75 Å². The molecule has 190 valence electrons. The zero-order valence-electron chi connectivity index (χ0n) is 21.0. The van der Waals surface area contributed by atoms with Crippen LogP contribution in [0.3, 0.4) is 0 Å². The Labute approximate surface area is 216 Å². The second kappa shape index (κ2) is 9.74. The first-order valence-corrected chi connectivity index (χ1v) is 12.5. The van der Waals surface area contributed by atoms with E-state index in [9.17, 15) is 14.0 Å². The van der Waals surface area contributed by atoms with Crippen LogP contribution < -0.4 is 15.0 Å². The minimum atomic E-state index is -0.446. The van der Waals surface area contributed by atoms with Gasteiger partial charge in [0.2, 0.25) is 0 Å². The number of benzene rings is 2. The van der Waals surface area contributed by atoms with Gasteiger partial charge in [-0.3, -0.25) is 4.79 Å². The third-order valence-electron chi connectivity index (χ3n) is 7.71. The molecule has 2 aliphatic rings. The lowest BCUT2D eigenvalue weighted by atomic mass is 9.49. The topological polar surface area (TPSA) is 82.4 Å². The molecule has 0 spiro atoms. The van der Waals surface area contributed by atoms with Gasteiger partial charge in [0.15, 0.2) is 0 Å². The molecular weight excluding hydrogens is 481 g/mol. The molecule has 1 N–H and O–H groups in total. The van der Waals surface area contributed by atoms with Gasteiger partial charge in [-0.2, -0.15) is 5.26 Å². The molecule has 36 heavy (non-hydrogen) atoms. The number of aldehydes is 1. The quantitative estimate of drug-likeness (QED) is 0.527. The summed E-state index contributed by atoms with van der Waals surface area (Å²) in [5.74, 6) is -0.195. The number of nitrogens with zero attached hydrogens (tertiary/aromatic N) is 2. The van der Waals surface area contributed by atoms with Crippen LogP contribution in [0, 0.1) is 33.9 Å². The SMILES string of the molecule is CC1(C)C(NC(=O)c2ccc(N3CCC(C=O)CC3)c(F)c2)C(C)(C)C1Oc1ccc(C#N)c(Cl)c1. The molecule has 1 saturated carbocycles. The summed E-state index contributed by atoms with van der Waals surface area (Å²) in [6.07, 6.45) is 2.15. The lowest BCUT2D eigenvalue weighted by molar-refractivity contribution is -0.164. The molecule has 1 saturated heterocycles. The first kappa shape index (κ1) is 26.0. The highest BCUT2D eigenvalue weighted by molar-refractivity contribution is 6.31. The van der Waals surface area contributed by atoms with Crippen molar-refractivity contribution in [2.45, 2.75) is 52.7 Å². The van der Waals surface area contributed by atoms with Crippen molar-refractivity contribution in [2.75, 3.05) is 18.0 Å². The average Bonchev–Trinajstić information content (AvgIpc) is 2.85. The number of hydrogen-bond acceptors (Lipinski definition) is 5. The van der Waals surface area contributed by atoms with Crippen molar-refractivity contribution in [2.24, 2.45) is 16.7 Å². The zero-order chi connectivity index (χ0) is 26.3. The summed E-state index contributed by atoms with van der Waals surface area (Å²) in [7, 11) is 0. The highest BCUT2D eigenvalue weighted by Crippen LogP contribution is 2.55. The minimum Gasteiger partial charge on any atom is -0.489 e. The number of rotatable bonds is 6. The normalized spacial score (nSPS) is 22.8. The van der Waals surface area contributed by atoms with Crippen LogP contribution in [0.4, 0.5) is 10.1 Å². The highest BCUT2D eigenvalue weighted by Gasteiger charge is 2.64. The molecule has 2 aromatic rings. The van der Waals surface area contributed by atoms with Gasteiger partial charge in [0.05, 0.1) is 16.3 Å². The van der Waals surface area contributed by atoms with Gasteiger partial charge in [0.1, 0.15) is 30.0 Å². The van der Waals surface area contributed by atoms with E-state index in [4.69, 9.17) is 21.6 Å². The van der Waals surface area contributed by atoms with Crippen LogP contribution in [-0.4, -0.2) is 37.4 Å². The van der Waals surface area contributed by atoms with E-state index in [1.807, 2.05) is 38.7 Å². The van der Waals surface area contributed by atoms with Crippen molar-refractivity contribution in [1.29, 1.82) is 5.26 Å². The molecule has 1 aliphatic carbocycles. The molecule has 0 atom stereocenters. The average molecular weight is 512 g/mol. The second-order valence-corrected chi connectivity index (χ2v) is 11.3. The van der Waals surface area contributed by atoms with Crippen LogP contribution in [-0.2, 0) is 4.79 Å². The molecule has 8 heteroatoms. The molecule has 0 radical (unpaired) electrons. The summed E-state index contributed by atoms with van der Waals surface area (Å²) in [6, 6.07) is 11.3. The van der Waals surface area contributed by atoms with Crippen LogP contribution >= 0.6 is 11.6 Å². The molecule has 1 heterocycles. The Morgan fingerprint density at radius 3 is 2.39 bits per heavy atom. The molecule has 1 aliphatic heterocycles. The van der Waals surface area contributed by atoms with Crippen molar-refractivity contribution in [1.82, 2.24) is 5.32 Å². The van der Waals surface area contributed by atoms with E-state index in [0.29, 0.717) is 48.0 Å². The minimum absolute atomic E-state index is 0.0326. The Kier molecular flexibility index (Phi) is 7.03. The summed E-state index contributed by atoms with van der Waals surface area (Å²) < 4.78 is 21.2. The monoisotopic (exact) mass is 511 g/mol. The predicted molar refractivity (Wildman–Crippen MR) is 137 cm³/mol. The maximum Gasteiger partial charge on any atom is 0.251 e. The Morgan fingerprint density at radius 2 is 1.83 bits per heavy atom. The lowest BCUT2D eigenvalue weighted by Crippen LogP contribution is -2.74. The molecule has 2 fully saturated rings. The summed E-state index contributed by atoms with van der Waals surface area (Å²) in [6.45, 7) is 9.30. The number of ether oxygens (including phenoxy) is 1. The Bertz CT molecular complexity index is 1200. The third-order valence-corrected chi connectivity index (χ3v) is 8.03. The first-order valence-electron chi connectivity index (χ1n) is 12.2. The van der Waals surface area contributed by atoms with E-state index in [1.54, 1.807) is 30.3 Å². The lowest BCUT2D eigenvalue weighted by Gasteiger charge is -2.63. The number of amides is 1. The summed E-state index contributed by atoms with van der Waals surface area (Å²) >= 11 is 6.16. The molecular formula is C28H31ClFN3O3. The molecule has 2 aromatic carbocycles. The standard InChI is InChI=1S/C28H31ClFN3O3/c1-27(2)25(28(3,4)26(27)36-20-7-5-19(15-31)21(29)14-20)32-24(35)18-6-8-23(22(30)13-18)33-11-9-17(16-34)10-12-33/h5-8,13-14,16-17,25-26H,9-12H2,1-4H3,(H,32,35). The number of piperidine rings is 1. The van der Waals surface area contributed by atoms with Crippen LogP contribution in [0.2, 0.25) is 5.02 Å². The van der Waals surface area contributed by atoms with Gasteiger partial charge in [0, 0.05) is 47.5 Å². The molecule has 0 aromatic heterocycles. The second-order valence-electron chi connectivity index (χ2n) is 10.9. The fraction of sp³-hybridized carbons (Fsp3) is 0.464. The number of nitrogens with one attached hydrogen (secondary N) is 1. The van der Waals surface area contributed by atoms with Gasteiger partial charge >= 0.3 is 0 Å². The largest absolute Gasteiger partial charge is 0.489 e. The van der Waals surface area contributed by atoms with Gasteiger partial charge in [-0.15, -0.1) is 0 Å². The Morgan fingerprint density at radius 1 is 1.17 bits per heavy atom. The van der Waals surface area contributed by atoms with E-state index in [-0.39, 0.29) is 29.5 Å². The van der Waals surface area contributed by atoms with E-state index in [0.717, 1.165) is 6.29 Å². The maximum absolute atomic E-state index is 15.0. The molecule has 4 rings (SSSR count). The van der Waals surface area contributed by atoms with Gasteiger partial charge in [-0.05, 0) is 43.2 Å². The van der Waals surface area contributed by atoms with Crippen LogP contribution in [0.25, 0.3) is 0 Å². The van der Waals surface area contributed by atoms with Crippen molar-refractivity contribution in [3.63, 3.8) is 0 Å². The third kappa shape index (κ3) is 4.67. The molecule has 6 nitrogen and oxygen atoms in total. The smallest absolute Gasteiger partial charge is 0.251 e. The van der Waals surface area contributed by atoms with Gasteiger partial charge in [0.25, 0.3) is 5.91 Å². The number of halogens is 2. The number of nitriles is 1. The van der Waals surface area contributed by atoms with Gasteiger partial charge < -0.3 is 19.7 Å². The van der Waals surface area contributed by atoms with Crippen LogP contribution in [0.15, 0.2) is 36.4 Å². The Hall–Kier alpha value is -3.11. The first-order chi connectivity index (χ1) is 17.0. The fourth-order valence-corrected chi connectivity index (χ4v) is 6.20. The van der Waals surface area contributed by atoms with Crippen molar-refractivity contribution < 1.29 is 18.7 Å². The predicted octanol–water partition coefficient (Wildman–Crippen LogP) is 5.38.